The highest BCUT2D eigenvalue weighted by Gasteiger charge is 2.14. The van der Waals surface area contributed by atoms with E-state index in [4.69, 9.17) is 0 Å². The lowest BCUT2D eigenvalue weighted by Crippen LogP contribution is -2.02. The molecule has 5 heteroatoms. The van der Waals surface area contributed by atoms with Crippen LogP contribution in [0.5, 0.6) is 0 Å². The average molecular weight is 362 g/mol. The summed E-state index contributed by atoms with van der Waals surface area (Å²) in [5.74, 6) is 1.92. The summed E-state index contributed by atoms with van der Waals surface area (Å²) < 4.78 is 0.729. The number of halogens is 1. The van der Waals surface area contributed by atoms with Gasteiger partial charge in [0.05, 0.1) is 0 Å². The van der Waals surface area contributed by atoms with Crippen molar-refractivity contribution < 1.29 is 4.79 Å². The Morgan fingerprint density at radius 2 is 1.89 bits per heavy atom. The molecule has 0 spiro atoms. The number of pyridine rings is 1. The van der Waals surface area contributed by atoms with Crippen LogP contribution in [0.25, 0.3) is 0 Å². The van der Waals surface area contributed by atoms with Crippen LogP contribution in [-0.2, 0) is 0 Å². The van der Waals surface area contributed by atoms with Gasteiger partial charge in [0.15, 0.2) is 0 Å². The second-order valence-electron chi connectivity index (χ2n) is 4.17. The molecule has 0 aliphatic rings. The molecule has 1 aromatic rings. The molecule has 1 rings (SSSR count). The van der Waals surface area contributed by atoms with E-state index >= 15 is 0 Å². The minimum absolute atomic E-state index is 0.0914. The molecule has 0 N–H and O–H groups in total. The Labute approximate surface area is 132 Å². The first-order chi connectivity index (χ1) is 9.19. The van der Waals surface area contributed by atoms with E-state index in [0.717, 1.165) is 40.3 Å². The van der Waals surface area contributed by atoms with E-state index in [1.54, 1.807) is 11.8 Å². The van der Waals surface area contributed by atoms with Crippen molar-refractivity contribution >= 4 is 44.6 Å². The number of hydrogen-bond donors (Lipinski definition) is 0. The van der Waals surface area contributed by atoms with Crippen molar-refractivity contribution in [1.29, 1.82) is 0 Å². The lowest BCUT2D eigenvalue weighted by atomic mass is 10.4. The van der Waals surface area contributed by atoms with Crippen LogP contribution in [0.1, 0.15) is 50.0 Å². The fourth-order valence-corrected chi connectivity index (χ4v) is 3.77. The van der Waals surface area contributed by atoms with Crippen LogP contribution >= 0.6 is 39.5 Å². The third-order valence-electron chi connectivity index (χ3n) is 2.50. The summed E-state index contributed by atoms with van der Waals surface area (Å²) in [5.41, 5.74) is 0.608. The molecule has 0 unspecified atom stereocenters. The topological polar surface area (TPSA) is 30.0 Å². The SMILES string of the molecule is CCCCSC(=O)c1nc(Br)ccc1SCCCC. The molecule has 0 aromatic carbocycles. The zero-order chi connectivity index (χ0) is 14.1. The summed E-state index contributed by atoms with van der Waals surface area (Å²) in [5, 5.41) is 0.0914. The molecule has 106 valence electrons. The van der Waals surface area contributed by atoms with E-state index < -0.39 is 0 Å². The van der Waals surface area contributed by atoms with Crippen LogP contribution in [0.3, 0.4) is 0 Å². The molecule has 0 fully saturated rings. The number of hydrogen-bond acceptors (Lipinski definition) is 4. The first kappa shape index (κ1) is 17.1. The van der Waals surface area contributed by atoms with Gasteiger partial charge in [-0.3, -0.25) is 4.79 Å². The van der Waals surface area contributed by atoms with Gasteiger partial charge >= 0.3 is 0 Å². The number of nitrogens with zero attached hydrogens (tertiary/aromatic N) is 1. The highest BCUT2D eigenvalue weighted by atomic mass is 79.9. The highest BCUT2D eigenvalue weighted by Crippen LogP contribution is 2.27. The minimum atomic E-state index is 0.0914. The van der Waals surface area contributed by atoms with Crippen molar-refractivity contribution in [2.75, 3.05) is 11.5 Å². The van der Waals surface area contributed by atoms with Crippen molar-refractivity contribution in [3.8, 4) is 0 Å². The van der Waals surface area contributed by atoms with E-state index in [-0.39, 0.29) is 5.12 Å². The summed E-state index contributed by atoms with van der Waals surface area (Å²) in [6.45, 7) is 4.31. The summed E-state index contributed by atoms with van der Waals surface area (Å²) in [6.07, 6.45) is 4.52. The molecule has 0 amide bonds. The Balaban J connectivity index is 2.72. The minimum Gasteiger partial charge on any atom is -0.280 e. The molecular formula is C14H20BrNOS2. The van der Waals surface area contributed by atoms with E-state index in [0.29, 0.717) is 5.69 Å². The molecule has 1 aromatic heterocycles. The van der Waals surface area contributed by atoms with Gasteiger partial charge in [-0.1, -0.05) is 38.5 Å². The van der Waals surface area contributed by atoms with E-state index in [9.17, 15) is 4.79 Å². The predicted octanol–water partition coefficient (Wildman–Crippen LogP) is 5.41. The molecular weight excluding hydrogens is 342 g/mol. The number of aromatic nitrogens is 1. The largest absolute Gasteiger partial charge is 0.280 e. The van der Waals surface area contributed by atoms with Gasteiger partial charge in [0.1, 0.15) is 10.3 Å². The van der Waals surface area contributed by atoms with E-state index in [1.165, 1.54) is 18.2 Å². The Kier molecular flexibility index (Phi) is 8.83. The fraction of sp³-hybridized carbons (Fsp3) is 0.571. The number of carbonyl (C=O) groups excluding carboxylic acids is 1. The zero-order valence-corrected chi connectivity index (χ0v) is 14.7. The number of carbonyl (C=O) groups is 1. The second-order valence-corrected chi connectivity index (χ2v) is 7.19. The van der Waals surface area contributed by atoms with Crippen LogP contribution < -0.4 is 0 Å². The standard InChI is InChI=1S/C14H20BrNOS2/c1-3-5-9-18-11-7-8-12(15)16-13(11)14(17)19-10-6-4-2/h7-8H,3-6,9-10H2,1-2H3. The normalized spacial score (nSPS) is 10.7. The number of unbranched alkanes of at least 4 members (excludes halogenated alkanes) is 2. The molecule has 0 aliphatic heterocycles. The summed E-state index contributed by atoms with van der Waals surface area (Å²) in [6, 6.07) is 3.90. The van der Waals surface area contributed by atoms with Crippen LogP contribution in [0.2, 0.25) is 0 Å². The van der Waals surface area contributed by atoms with Gasteiger partial charge in [-0.05, 0) is 46.7 Å². The smallest absolute Gasteiger partial charge is 0.238 e. The monoisotopic (exact) mass is 361 g/mol. The molecule has 0 atom stereocenters. The van der Waals surface area contributed by atoms with Gasteiger partial charge in [0.2, 0.25) is 5.12 Å². The summed E-state index contributed by atoms with van der Waals surface area (Å²) in [4.78, 5) is 17.6. The Hall–Kier alpha value is -0.000000000000000111. The van der Waals surface area contributed by atoms with Crippen LogP contribution in [0, 0.1) is 0 Å². The first-order valence-corrected chi connectivity index (χ1v) is 9.42. The third-order valence-corrected chi connectivity index (χ3v) is 5.03. The van der Waals surface area contributed by atoms with Crippen molar-refractivity contribution in [2.24, 2.45) is 0 Å². The lowest BCUT2D eigenvalue weighted by Gasteiger charge is -2.07. The number of rotatable bonds is 8. The number of thioether (sulfide) groups is 2. The Morgan fingerprint density at radius 3 is 2.58 bits per heavy atom. The zero-order valence-electron chi connectivity index (χ0n) is 11.4. The maximum absolute atomic E-state index is 12.2. The molecule has 0 aliphatic carbocycles. The van der Waals surface area contributed by atoms with Crippen molar-refractivity contribution in [3.05, 3.63) is 22.4 Å². The van der Waals surface area contributed by atoms with Gasteiger partial charge in [0.25, 0.3) is 0 Å². The first-order valence-electron chi connectivity index (χ1n) is 6.65. The second kappa shape index (κ2) is 9.83. The average Bonchev–Trinajstić information content (AvgIpc) is 2.40. The quantitative estimate of drug-likeness (QED) is 0.351. The molecule has 0 bridgehead atoms. The lowest BCUT2D eigenvalue weighted by molar-refractivity contribution is 0.108. The molecule has 2 nitrogen and oxygen atoms in total. The molecule has 0 saturated heterocycles. The predicted molar refractivity (Wildman–Crippen MR) is 89.3 cm³/mol. The fourth-order valence-electron chi connectivity index (χ4n) is 1.39. The third kappa shape index (κ3) is 6.32. The van der Waals surface area contributed by atoms with Gasteiger partial charge in [-0.25, -0.2) is 4.98 Å². The molecule has 19 heavy (non-hydrogen) atoms. The van der Waals surface area contributed by atoms with Gasteiger partial charge in [0, 0.05) is 10.6 Å². The van der Waals surface area contributed by atoms with Gasteiger partial charge in [-0.15, -0.1) is 11.8 Å². The van der Waals surface area contributed by atoms with E-state index in [2.05, 4.69) is 34.8 Å². The van der Waals surface area contributed by atoms with Gasteiger partial charge < -0.3 is 0 Å². The van der Waals surface area contributed by atoms with Crippen LogP contribution in [0.15, 0.2) is 21.6 Å². The molecule has 0 radical (unpaired) electrons. The van der Waals surface area contributed by atoms with Crippen molar-refractivity contribution in [1.82, 2.24) is 4.98 Å². The summed E-state index contributed by atoms with van der Waals surface area (Å²) in [7, 11) is 0. The highest BCUT2D eigenvalue weighted by molar-refractivity contribution is 9.10. The van der Waals surface area contributed by atoms with E-state index in [1.807, 2.05) is 12.1 Å². The maximum Gasteiger partial charge on any atom is 0.238 e. The summed E-state index contributed by atoms with van der Waals surface area (Å²) >= 11 is 6.46. The Bertz CT molecular complexity index is 412. The van der Waals surface area contributed by atoms with Crippen molar-refractivity contribution in [3.63, 3.8) is 0 Å². The maximum atomic E-state index is 12.2. The Morgan fingerprint density at radius 1 is 1.21 bits per heavy atom. The molecule has 1 heterocycles. The van der Waals surface area contributed by atoms with Crippen LogP contribution in [-0.4, -0.2) is 21.6 Å². The van der Waals surface area contributed by atoms with Crippen molar-refractivity contribution in [2.45, 2.75) is 44.4 Å². The van der Waals surface area contributed by atoms with Gasteiger partial charge in [-0.2, -0.15) is 0 Å². The van der Waals surface area contributed by atoms with Crippen LogP contribution in [0.4, 0.5) is 0 Å². The molecule has 0 saturated carbocycles.